The molecule has 2 aromatic rings. The fraction of sp³-hybridized carbons (Fsp3) is 0.565. The molecular weight excluding hydrogens is 380 g/mol. The summed E-state index contributed by atoms with van der Waals surface area (Å²) in [5, 5.41) is 7.28. The van der Waals surface area contributed by atoms with E-state index in [2.05, 4.69) is 36.3 Å². The number of amides is 2. The molecule has 0 radical (unpaired) electrons. The van der Waals surface area contributed by atoms with Crippen LogP contribution in [0.15, 0.2) is 34.9 Å². The molecule has 0 aliphatic carbocycles. The van der Waals surface area contributed by atoms with Gasteiger partial charge in [0.15, 0.2) is 0 Å². The number of carbonyl (C=O) groups excluding carboxylic acids is 1. The molecule has 0 atom stereocenters. The van der Waals surface area contributed by atoms with Crippen LogP contribution in [0.2, 0.25) is 0 Å². The molecule has 1 aliphatic rings. The van der Waals surface area contributed by atoms with Crippen molar-refractivity contribution < 1.29 is 14.1 Å². The molecule has 1 aromatic carbocycles. The van der Waals surface area contributed by atoms with Crippen LogP contribution in [0.4, 0.5) is 4.79 Å². The van der Waals surface area contributed by atoms with E-state index in [-0.39, 0.29) is 12.1 Å². The largest absolute Gasteiger partial charge is 0.493 e. The normalized spacial score (nSPS) is 15.4. The Labute approximate surface area is 179 Å². The molecule has 2 heterocycles. The van der Waals surface area contributed by atoms with Gasteiger partial charge in [-0.15, -0.1) is 0 Å². The highest BCUT2D eigenvalue weighted by Crippen LogP contribution is 2.17. The van der Waals surface area contributed by atoms with E-state index in [0.29, 0.717) is 25.6 Å². The Balaban J connectivity index is 1.65. The molecule has 2 amide bonds. The second-order valence-electron chi connectivity index (χ2n) is 8.66. The fourth-order valence-corrected chi connectivity index (χ4v) is 3.48. The van der Waals surface area contributed by atoms with E-state index in [1.807, 2.05) is 37.3 Å². The maximum Gasteiger partial charge on any atom is 0.318 e. The number of likely N-dealkylation sites (tertiary alicyclic amines) is 1. The zero-order valence-electron chi connectivity index (χ0n) is 18.6. The fourth-order valence-electron chi connectivity index (χ4n) is 3.48. The third kappa shape index (κ3) is 6.76. The number of urea groups is 1. The Bertz CT molecular complexity index is 795. The number of benzene rings is 1. The number of rotatable bonds is 8. The van der Waals surface area contributed by atoms with Crippen LogP contribution in [0, 0.1) is 12.8 Å². The summed E-state index contributed by atoms with van der Waals surface area (Å²) in [6.07, 6.45) is 1.95. The lowest BCUT2D eigenvalue weighted by atomic mass is 10.1. The average Bonchev–Trinajstić information content (AvgIpc) is 3.13. The molecule has 164 valence electrons. The van der Waals surface area contributed by atoms with Crippen molar-refractivity contribution in [3.63, 3.8) is 0 Å². The van der Waals surface area contributed by atoms with Crippen molar-refractivity contribution in [1.29, 1.82) is 0 Å². The monoisotopic (exact) mass is 414 g/mol. The first-order valence-electron chi connectivity index (χ1n) is 10.8. The summed E-state index contributed by atoms with van der Waals surface area (Å²) in [5.41, 5.74) is 1.80. The summed E-state index contributed by atoms with van der Waals surface area (Å²) in [6, 6.07) is 9.97. The number of carbonyl (C=O) groups is 1. The number of piperidine rings is 1. The number of aromatic nitrogens is 1. The van der Waals surface area contributed by atoms with Gasteiger partial charge in [-0.2, -0.15) is 0 Å². The van der Waals surface area contributed by atoms with Crippen molar-refractivity contribution in [2.75, 3.05) is 26.7 Å². The molecule has 0 unspecified atom stereocenters. The Hall–Kier alpha value is -2.54. The third-order valence-corrected chi connectivity index (χ3v) is 5.24. The Morgan fingerprint density at radius 1 is 1.27 bits per heavy atom. The molecule has 1 aliphatic heterocycles. The van der Waals surface area contributed by atoms with E-state index < -0.39 is 0 Å². The van der Waals surface area contributed by atoms with Gasteiger partial charge in [0.1, 0.15) is 17.2 Å². The van der Waals surface area contributed by atoms with Gasteiger partial charge in [0, 0.05) is 18.7 Å². The number of ether oxygens (including phenoxy) is 1. The standard InChI is InChI=1S/C23H34N4O3/c1-17(2)16-29-22-7-5-19(6-8-22)14-27(15-21-13-18(3)30-25-21)23(28)24-20-9-11-26(4)12-10-20/h5-8,13,17,20H,9-12,14-16H2,1-4H3,(H,24,28). The first-order chi connectivity index (χ1) is 14.4. The van der Waals surface area contributed by atoms with E-state index >= 15 is 0 Å². The lowest BCUT2D eigenvalue weighted by Crippen LogP contribution is -2.48. The zero-order valence-corrected chi connectivity index (χ0v) is 18.6. The van der Waals surface area contributed by atoms with E-state index in [0.717, 1.165) is 48.7 Å². The third-order valence-electron chi connectivity index (χ3n) is 5.24. The molecule has 1 aromatic heterocycles. The van der Waals surface area contributed by atoms with Crippen molar-refractivity contribution in [1.82, 2.24) is 20.3 Å². The van der Waals surface area contributed by atoms with Crippen molar-refractivity contribution >= 4 is 6.03 Å². The highest BCUT2D eigenvalue weighted by molar-refractivity contribution is 5.74. The second kappa shape index (κ2) is 10.5. The van der Waals surface area contributed by atoms with E-state index in [1.54, 1.807) is 4.90 Å². The zero-order chi connectivity index (χ0) is 21.5. The molecule has 30 heavy (non-hydrogen) atoms. The first kappa shape index (κ1) is 22.2. The highest BCUT2D eigenvalue weighted by atomic mass is 16.5. The summed E-state index contributed by atoms with van der Waals surface area (Å²) in [4.78, 5) is 17.2. The lowest BCUT2D eigenvalue weighted by Gasteiger charge is -2.31. The van der Waals surface area contributed by atoms with Crippen LogP contribution < -0.4 is 10.1 Å². The van der Waals surface area contributed by atoms with Gasteiger partial charge in [0.05, 0.1) is 13.2 Å². The lowest BCUT2D eigenvalue weighted by molar-refractivity contribution is 0.175. The van der Waals surface area contributed by atoms with Crippen molar-refractivity contribution in [3.05, 3.63) is 47.3 Å². The smallest absolute Gasteiger partial charge is 0.318 e. The summed E-state index contributed by atoms with van der Waals surface area (Å²) in [5.74, 6) is 2.07. The Morgan fingerprint density at radius 2 is 1.97 bits per heavy atom. The van der Waals surface area contributed by atoms with Gasteiger partial charge >= 0.3 is 6.03 Å². The van der Waals surface area contributed by atoms with E-state index in [9.17, 15) is 4.79 Å². The molecule has 0 saturated carbocycles. The van der Waals surface area contributed by atoms with Gasteiger partial charge in [0.25, 0.3) is 0 Å². The van der Waals surface area contributed by atoms with Crippen LogP contribution in [0.1, 0.15) is 43.7 Å². The summed E-state index contributed by atoms with van der Waals surface area (Å²) in [6.45, 7) is 9.71. The molecule has 3 rings (SSSR count). The number of hydrogen-bond acceptors (Lipinski definition) is 5. The van der Waals surface area contributed by atoms with Crippen LogP contribution in [-0.2, 0) is 13.1 Å². The van der Waals surface area contributed by atoms with Gasteiger partial charge in [0.2, 0.25) is 0 Å². The van der Waals surface area contributed by atoms with Crippen molar-refractivity contribution in [2.24, 2.45) is 5.92 Å². The minimum absolute atomic E-state index is 0.0645. The molecule has 0 bridgehead atoms. The van der Waals surface area contributed by atoms with Gasteiger partial charge < -0.3 is 24.4 Å². The molecule has 7 heteroatoms. The molecule has 7 nitrogen and oxygen atoms in total. The summed E-state index contributed by atoms with van der Waals surface area (Å²) < 4.78 is 11.0. The second-order valence-corrected chi connectivity index (χ2v) is 8.66. The Kier molecular flexibility index (Phi) is 7.74. The van der Waals surface area contributed by atoms with Gasteiger partial charge in [-0.05, 0) is 63.5 Å². The maximum absolute atomic E-state index is 13.1. The number of nitrogens with zero attached hydrogens (tertiary/aromatic N) is 3. The highest BCUT2D eigenvalue weighted by Gasteiger charge is 2.22. The average molecular weight is 415 g/mol. The number of aryl methyl sites for hydroxylation is 1. The first-order valence-corrected chi connectivity index (χ1v) is 10.8. The van der Waals surface area contributed by atoms with Crippen LogP contribution >= 0.6 is 0 Å². The predicted molar refractivity (Wildman–Crippen MR) is 116 cm³/mol. The number of hydrogen-bond donors (Lipinski definition) is 1. The molecular formula is C23H34N4O3. The van der Waals surface area contributed by atoms with Crippen molar-refractivity contribution in [3.8, 4) is 5.75 Å². The maximum atomic E-state index is 13.1. The van der Waals surface area contributed by atoms with Crippen LogP contribution in [0.25, 0.3) is 0 Å². The SMILES string of the molecule is Cc1cc(CN(Cc2ccc(OCC(C)C)cc2)C(=O)NC2CCN(C)CC2)no1. The predicted octanol–water partition coefficient (Wildman–Crippen LogP) is 3.82. The minimum atomic E-state index is -0.0645. The van der Waals surface area contributed by atoms with Gasteiger partial charge in [-0.1, -0.05) is 31.1 Å². The van der Waals surface area contributed by atoms with Gasteiger partial charge in [-0.25, -0.2) is 4.79 Å². The van der Waals surface area contributed by atoms with E-state index in [4.69, 9.17) is 9.26 Å². The Morgan fingerprint density at radius 3 is 2.57 bits per heavy atom. The van der Waals surface area contributed by atoms with Crippen LogP contribution in [-0.4, -0.2) is 53.8 Å². The van der Waals surface area contributed by atoms with Crippen LogP contribution in [0.5, 0.6) is 5.75 Å². The molecule has 1 fully saturated rings. The van der Waals surface area contributed by atoms with Crippen molar-refractivity contribution in [2.45, 2.75) is 52.7 Å². The van der Waals surface area contributed by atoms with E-state index in [1.165, 1.54) is 0 Å². The quantitative estimate of drug-likeness (QED) is 0.711. The van der Waals surface area contributed by atoms with Crippen LogP contribution in [0.3, 0.4) is 0 Å². The molecule has 1 N–H and O–H groups in total. The summed E-state index contributed by atoms with van der Waals surface area (Å²) in [7, 11) is 2.12. The summed E-state index contributed by atoms with van der Waals surface area (Å²) >= 11 is 0. The molecule has 1 saturated heterocycles. The number of nitrogens with one attached hydrogen (secondary N) is 1. The molecule has 0 spiro atoms. The topological polar surface area (TPSA) is 70.8 Å². The minimum Gasteiger partial charge on any atom is -0.493 e. The van der Waals surface area contributed by atoms with Gasteiger partial charge in [-0.3, -0.25) is 0 Å².